The molecule has 2 amide bonds. The predicted octanol–water partition coefficient (Wildman–Crippen LogP) is 0.362. The zero-order valence-corrected chi connectivity index (χ0v) is 13.4. The molecular formula is C16H20F2N4O2. The highest BCUT2D eigenvalue weighted by atomic mass is 19.1. The second-order valence-electron chi connectivity index (χ2n) is 6.16. The Bertz CT molecular complexity index is 647. The van der Waals surface area contributed by atoms with Gasteiger partial charge in [-0.25, -0.2) is 8.78 Å². The number of piperazine rings is 1. The first-order chi connectivity index (χ1) is 11.5. The molecule has 130 valence electrons. The lowest BCUT2D eigenvalue weighted by Crippen LogP contribution is -2.53. The van der Waals surface area contributed by atoms with E-state index in [2.05, 4.69) is 10.9 Å². The van der Waals surface area contributed by atoms with Crippen LogP contribution in [-0.2, 0) is 4.79 Å². The Balaban J connectivity index is 1.60. The summed E-state index contributed by atoms with van der Waals surface area (Å²) in [6.45, 7) is 4.03. The molecule has 2 heterocycles. The molecule has 2 aliphatic rings. The second-order valence-corrected chi connectivity index (χ2v) is 6.16. The van der Waals surface area contributed by atoms with Gasteiger partial charge >= 0.3 is 0 Å². The van der Waals surface area contributed by atoms with Crippen LogP contribution in [-0.4, -0.2) is 60.4 Å². The Morgan fingerprint density at radius 2 is 1.79 bits per heavy atom. The van der Waals surface area contributed by atoms with Crippen LogP contribution in [0.4, 0.5) is 8.78 Å². The van der Waals surface area contributed by atoms with E-state index in [0.717, 1.165) is 12.1 Å². The van der Waals surface area contributed by atoms with Crippen LogP contribution in [0.15, 0.2) is 18.2 Å². The van der Waals surface area contributed by atoms with Gasteiger partial charge in [0.15, 0.2) is 0 Å². The summed E-state index contributed by atoms with van der Waals surface area (Å²) in [5.74, 6) is -2.12. The third-order valence-electron chi connectivity index (χ3n) is 4.61. The molecule has 0 aromatic heterocycles. The number of benzene rings is 1. The highest BCUT2D eigenvalue weighted by Gasteiger charge is 2.34. The Morgan fingerprint density at radius 3 is 2.38 bits per heavy atom. The maximum atomic E-state index is 13.7. The van der Waals surface area contributed by atoms with Crippen molar-refractivity contribution in [3.05, 3.63) is 35.4 Å². The van der Waals surface area contributed by atoms with E-state index >= 15 is 0 Å². The molecule has 2 atom stereocenters. The molecule has 24 heavy (non-hydrogen) atoms. The molecular weight excluding hydrogens is 318 g/mol. The predicted molar refractivity (Wildman–Crippen MR) is 82.9 cm³/mol. The molecule has 1 aromatic rings. The largest absolute Gasteiger partial charge is 0.339 e. The summed E-state index contributed by atoms with van der Waals surface area (Å²) in [7, 11) is 0. The molecule has 0 bridgehead atoms. The standard InChI is InChI=1S/C16H20F2N4O2/c1-10-13(9-19-20-10)16(24)22-6-4-21(5-7-22)15(23)12-3-2-11(17)8-14(12)18/h2-3,8,10,13,19-20H,4-7,9H2,1H3. The van der Waals surface area contributed by atoms with Crippen molar-refractivity contribution < 1.29 is 18.4 Å². The molecule has 0 spiro atoms. The average Bonchev–Trinajstić information content (AvgIpc) is 3.00. The van der Waals surface area contributed by atoms with E-state index in [4.69, 9.17) is 0 Å². The van der Waals surface area contributed by atoms with Crippen LogP contribution < -0.4 is 10.9 Å². The molecule has 0 radical (unpaired) electrons. The number of amides is 2. The number of carbonyl (C=O) groups is 2. The van der Waals surface area contributed by atoms with E-state index in [1.807, 2.05) is 6.92 Å². The van der Waals surface area contributed by atoms with Gasteiger partial charge in [0.1, 0.15) is 11.6 Å². The van der Waals surface area contributed by atoms with Crippen LogP contribution in [0.2, 0.25) is 0 Å². The fourth-order valence-electron chi connectivity index (χ4n) is 3.11. The topological polar surface area (TPSA) is 64.7 Å². The maximum absolute atomic E-state index is 13.7. The fraction of sp³-hybridized carbons (Fsp3) is 0.500. The van der Waals surface area contributed by atoms with Crippen LogP contribution in [0.3, 0.4) is 0 Å². The van der Waals surface area contributed by atoms with E-state index in [0.29, 0.717) is 38.8 Å². The van der Waals surface area contributed by atoms with E-state index < -0.39 is 17.5 Å². The first kappa shape index (κ1) is 16.8. The lowest BCUT2D eigenvalue weighted by atomic mass is 10.0. The zero-order valence-electron chi connectivity index (χ0n) is 13.4. The highest BCUT2D eigenvalue weighted by Crippen LogP contribution is 2.16. The lowest BCUT2D eigenvalue weighted by Gasteiger charge is -2.36. The minimum absolute atomic E-state index is 0.0556. The smallest absolute Gasteiger partial charge is 0.256 e. The third kappa shape index (κ3) is 3.25. The number of hydrogen-bond donors (Lipinski definition) is 2. The first-order valence-corrected chi connectivity index (χ1v) is 7.99. The summed E-state index contributed by atoms with van der Waals surface area (Å²) in [6, 6.07) is 2.99. The SMILES string of the molecule is CC1NNCC1C(=O)N1CCN(C(=O)c2ccc(F)cc2F)CC1. The Kier molecular flexibility index (Phi) is 4.77. The number of halogens is 2. The van der Waals surface area contributed by atoms with Crippen molar-refractivity contribution in [1.29, 1.82) is 0 Å². The van der Waals surface area contributed by atoms with E-state index in [-0.39, 0.29) is 23.4 Å². The van der Waals surface area contributed by atoms with Crippen molar-refractivity contribution in [1.82, 2.24) is 20.7 Å². The van der Waals surface area contributed by atoms with Gasteiger partial charge in [0, 0.05) is 44.8 Å². The second kappa shape index (κ2) is 6.82. The Hall–Kier alpha value is -2.06. The first-order valence-electron chi connectivity index (χ1n) is 7.99. The number of nitrogens with zero attached hydrogens (tertiary/aromatic N) is 2. The maximum Gasteiger partial charge on any atom is 0.256 e. The molecule has 8 heteroatoms. The van der Waals surface area contributed by atoms with Crippen LogP contribution in [0.25, 0.3) is 0 Å². The molecule has 2 fully saturated rings. The molecule has 2 saturated heterocycles. The average molecular weight is 338 g/mol. The van der Waals surface area contributed by atoms with Crippen molar-refractivity contribution in [3.63, 3.8) is 0 Å². The van der Waals surface area contributed by atoms with Gasteiger partial charge in [-0.15, -0.1) is 0 Å². The van der Waals surface area contributed by atoms with Crippen LogP contribution in [0.5, 0.6) is 0 Å². The van der Waals surface area contributed by atoms with Gasteiger partial charge in [0.25, 0.3) is 5.91 Å². The Labute approximate surface area is 138 Å². The number of nitrogens with one attached hydrogen (secondary N) is 2. The third-order valence-corrected chi connectivity index (χ3v) is 4.61. The van der Waals surface area contributed by atoms with Crippen molar-refractivity contribution in [3.8, 4) is 0 Å². The minimum Gasteiger partial charge on any atom is -0.339 e. The van der Waals surface area contributed by atoms with E-state index in [1.165, 1.54) is 4.90 Å². The van der Waals surface area contributed by atoms with Gasteiger partial charge in [-0.3, -0.25) is 20.4 Å². The summed E-state index contributed by atoms with van der Waals surface area (Å²) >= 11 is 0. The Morgan fingerprint density at radius 1 is 1.12 bits per heavy atom. The van der Waals surface area contributed by atoms with E-state index in [1.54, 1.807) is 4.90 Å². The minimum atomic E-state index is -0.865. The van der Waals surface area contributed by atoms with E-state index in [9.17, 15) is 18.4 Å². The van der Waals surface area contributed by atoms with Gasteiger partial charge in [-0.2, -0.15) is 0 Å². The molecule has 6 nitrogen and oxygen atoms in total. The van der Waals surface area contributed by atoms with Crippen molar-refractivity contribution in [2.45, 2.75) is 13.0 Å². The number of hydrogen-bond acceptors (Lipinski definition) is 4. The van der Waals surface area contributed by atoms with Crippen LogP contribution in [0.1, 0.15) is 17.3 Å². The van der Waals surface area contributed by atoms with Gasteiger partial charge in [0.2, 0.25) is 5.91 Å². The molecule has 2 unspecified atom stereocenters. The molecule has 3 rings (SSSR count). The zero-order chi connectivity index (χ0) is 17.3. The molecule has 0 saturated carbocycles. The van der Waals surface area contributed by atoms with Crippen molar-refractivity contribution >= 4 is 11.8 Å². The monoisotopic (exact) mass is 338 g/mol. The fourth-order valence-corrected chi connectivity index (χ4v) is 3.11. The summed E-state index contributed by atoms with van der Waals surface area (Å²) in [5, 5.41) is 0. The summed E-state index contributed by atoms with van der Waals surface area (Å²) < 4.78 is 26.7. The van der Waals surface area contributed by atoms with Crippen molar-refractivity contribution in [2.24, 2.45) is 5.92 Å². The van der Waals surface area contributed by atoms with Gasteiger partial charge < -0.3 is 9.80 Å². The van der Waals surface area contributed by atoms with Gasteiger partial charge in [0.05, 0.1) is 11.5 Å². The lowest BCUT2D eigenvalue weighted by molar-refractivity contribution is -0.136. The van der Waals surface area contributed by atoms with Gasteiger partial charge in [-0.1, -0.05) is 0 Å². The summed E-state index contributed by atoms with van der Waals surface area (Å²) in [5.41, 5.74) is 5.84. The summed E-state index contributed by atoms with van der Waals surface area (Å²) in [6.07, 6.45) is 0. The molecule has 0 aliphatic carbocycles. The number of hydrazine groups is 1. The molecule has 2 N–H and O–H groups in total. The molecule has 1 aromatic carbocycles. The van der Waals surface area contributed by atoms with Gasteiger partial charge in [-0.05, 0) is 19.1 Å². The summed E-state index contributed by atoms with van der Waals surface area (Å²) in [4.78, 5) is 28.1. The van der Waals surface area contributed by atoms with Crippen molar-refractivity contribution in [2.75, 3.05) is 32.7 Å². The number of carbonyl (C=O) groups excluding carboxylic acids is 2. The normalized spacial score (nSPS) is 24.3. The van der Waals surface area contributed by atoms with Crippen LogP contribution >= 0.6 is 0 Å². The highest BCUT2D eigenvalue weighted by molar-refractivity contribution is 5.94. The van der Waals surface area contributed by atoms with Crippen LogP contribution in [0, 0.1) is 17.6 Å². The quantitative estimate of drug-likeness (QED) is 0.817. The number of rotatable bonds is 2. The molecule has 2 aliphatic heterocycles.